The second-order valence-electron chi connectivity index (χ2n) is 10.7. The van der Waals surface area contributed by atoms with Gasteiger partial charge in [0.1, 0.15) is 0 Å². The standard InChI is InChI=1S/C41H31N/c1-3-11-33(12-4-1)40-27-23-37(29-41(40)34-13-5-2-6-14-34)32-21-25-39(26-22-32)42-38-17-9-16-31(20-24-38)36-19-18-30-10-7-8-15-35(30)28-36/h1-16,18-29,42H,17H2. The Morgan fingerprint density at radius 1 is 0.429 bits per heavy atom. The molecule has 0 atom stereocenters. The summed E-state index contributed by atoms with van der Waals surface area (Å²) in [6.45, 7) is 0. The Balaban J connectivity index is 1.13. The van der Waals surface area contributed by atoms with Crippen LogP contribution in [0.1, 0.15) is 12.0 Å². The number of nitrogens with one attached hydrogen (secondary N) is 1. The number of anilines is 1. The van der Waals surface area contributed by atoms with Crippen LogP contribution in [-0.2, 0) is 0 Å². The van der Waals surface area contributed by atoms with E-state index in [0.717, 1.165) is 12.1 Å². The van der Waals surface area contributed by atoms with E-state index in [1.165, 1.54) is 61.0 Å². The van der Waals surface area contributed by atoms with Gasteiger partial charge < -0.3 is 5.32 Å². The van der Waals surface area contributed by atoms with Crippen LogP contribution in [0.25, 0.3) is 49.7 Å². The topological polar surface area (TPSA) is 12.0 Å². The first-order chi connectivity index (χ1) is 20.8. The van der Waals surface area contributed by atoms with Gasteiger partial charge in [-0.15, -0.1) is 0 Å². The smallest absolute Gasteiger partial charge is 0.0382 e. The van der Waals surface area contributed by atoms with Crippen LogP contribution in [0.5, 0.6) is 0 Å². The highest BCUT2D eigenvalue weighted by Crippen LogP contribution is 2.36. The van der Waals surface area contributed by atoms with Crippen LogP contribution in [0.3, 0.4) is 0 Å². The maximum atomic E-state index is 3.63. The zero-order chi connectivity index (χ0) is 28.1. The first-order valence-electron chi connectivity index (χ1n) is 14.5. The van der Waals surface area contributed by atoms with Gasteiger partial charge in [0.15, 0.2) is 0 Å². The second-order valence-corrected chi connectivity index (χ2v) is 10.7. The zero-order valence-electron chi connectivity index (χ0n) is 23.4. The van der Waals surface area contributed by atoms with E-state index in [4.69, 9.17) is 0 Å². The van der Waals surface area contributed by atoms with Crippen LogP contribution >= 0.6 is 0 Å². The van der Waals surface area contributed by atoms with Gasteiger partial charge in [-0.3, -0.25) is 0 Å². The summed E-state index contributed by atoms with van der Waals surface area (Å²) in [5.74, 6) is 0. The third-order valence-electron chi connectivity index (χ3n) is 7.89. The highest BCUT2D eigenvalue weighted by Gasteiger charge is 2.10. The molecule has 6 aromatic rings. The summed E-state index contributed by atoms with van der Waals surface area (Å²) in [6.07, 6.45) is 9.73. The minimum absolute atomic E-state index is 0.858. The molecule has 1 aliphatic carbocycles. The minimum atomic E-state index is 0.858. The van der Waals surface area contributed by atoms with Crippen molar-refractivity contribution in [2.24, 2.45) is 0 Å². The average molecular weight is 538 g/mol. The average Bonchev–Trinajstić information content (AvgIpc) is 3.31. The summed E-state index contributed by atoms with van der Waals surface area (Å²) < 4.78 is 0. The summed E-state index contributed by atoms with van der Waals surface area (Å²) in [4.78, 5) is 0. The van der Waals surface area contributed by atoms with Gasteiger partial charge in [0, 0.05) is 17.8 Å². The molecule has 0 fully saturated rings. The predicted molar refractivity (Wildman–Crippen MR) is 180 cm³/mol. The molecule has 7 rings (SSSR count). The molecule has 200 valence electrons. The van der Waals surface area contributed by atoms with Crippen molar-refractivity contribution in [2.75, 3.05) is 5.32 Å². The molecule has 0 aliphatic heterocycles. The van der Waals surface area contributed by atoms with Gasteiger partial charge in [0.2, 0.25) is 0 Å². The Morgan fingerprint density at radius 3 is 1.83 bits per heavy atom. The molecule has 0 heterocycles. The summed E-state index contributed by atoms with van der Waals surface area (Å²) in [7, 11) is 0. The lowest BCUT2D eigenvalue weighted by molar-refractivity contribution is 1.22. The minimum Gasteiger partial charge on any atom is -0.359 e. The first kappa shape index (κ1) is 25.6. The van der Waals surface area contributed by atoms with Gasteiger partial charge in [-0.1, -0.05) is 140 Å². The lowest BCUT2D eigenvalue weighted by Crippen LogP contribution is -1.97. The summed E-state index contributed by atoms with van der Waals surface area (Å²) in [6, 6.07) is 52.0. The Hall–Kier alpha value is -5.40. The normalized spacial score (nSPS) is 12.9. The molecule has 0 amide bonds. The molecule has 1 aliphatic rings. The van der Waals surface area contributed by atoms with Crippen molar-refractivity contribution in [3.05, 3.63) is 181 Å². The number of benzene rings is 6. The Kier molecular flexibility index (Phi) is 7.06. The molecule has 0 bridgehead atoms. The predicted octanol–water partition coefficient (Wildman–Crippen LogP) is 11.2. The second kappa shape index (κ2) is 11.6. The summed E-state index contributed by atoms with van der Waals surface area (Å²) >= 11 is 0. The maximum Gasteiger partial charge on any atom is 0.0382 e. The van der Waals surface area contributed by atoms with Crippen molar-refractivity contribution >= 4 is 22.0 Å². The first-order valence-corrected chi connectivity index (χ1v) is 14.5. The van der Waals surface area contributed by atoms with Crippen molar-refractivity contribution < 1.29 is 0 Å². The van der Waals surface area contributed by atoms with Crippen molar-refractivity contribution in [3.63, 3.8) is 0 Å². The van der Waals surface area contributed by atoms with Crippen molar-refractivity contribution in [2.45, 2.75) is 6.42 Å². The van der Waals surface area contributed by atoms with Crippen LogP contribution < -0.4 is 5.32 Å². The van der Waals surface area contributed by atoms with Gasteiger partial charge >= 0.3 is 0 Å². The van der Waals surface area contributed by atoms with Gasteiger partial charge in [-0.25, -0.2) is 0 Å². The molecule has 0 spiro atoms. The van der Waals surface area contributed by atoms with Crippen LogP contribution in [0, 0.1) is 0 Å². The van der Waals surface area contributed by atoms with E-state index in [2.05, 4.69) is 175 Å². The van der Waals surface area contributed by atoms with E-state index in [-0.39, 0.29) is 0 Å². The van der Waals surface area contributed by atoms with Crippen molar-refractivity contribution in [1.82, 2.24) is 0 Å². The fourth-order valence-electron chi connectivity index (χ4n) is 5.66. The molecule has 1 heteroatoms. The van der Waals surface area contributed by atoms with Crippen molar-refractivity contribution in [1.29, 1.82) is 0 Å². The van der Waals surface area contributed by atoms with Gasteiger partial charge in [-0.2, -0.15) is 0 Å². The van der Waals surface area contributed by atoms with E-state index in [1.807, 2.05) is 0 Å². The van der Waals surface area contributed by atoms with Crippen LogP contribution in [0.15, 0.2) is 176 Å². The van der Waals surface area contributed by atoms with Crippen molar-refractivity contribution in [3.8, 4) is 33.4 Å². The Morgan fingerprint density at radius 2 is 1.07 bits per heavy atom. The van der Waals surface area contributed by atoms with Crippen LogP contribution in [0.4, 0.5) is 5.69 Å². The van der Waals surface area contributed by atoms with E-state index >= 15 is 0 Å². The molecule has 6 aromatic carbocycles. The Bertz CT molecular complexity index is 1940. The molecule has 0 saturated heterocycles. The number of hydrogen-bond donors (Lipinski definition) is 1. The van der Waals surface area contributed by atoms with E-state index < -0.39 is 0 Å². The van der Waals surface area contributed by atoms with Gasteiger partial charge in [0.05, 0.1) is 0 Å². The van der Waals surface area contributed by atoms with Gasteiger partial charge in [-0.05, 0) is 85.6 Å². The monoisotopic (exact) mass is 537 g/mol. The van der Waals surface area contributed by atoms with E-state index in [0.29, 0.717) is 0 Å². The molecular formula is C41H31N. The number of allylic oxidation sites excluding steroid dienone is 5. The molecule has 0 aromatic heterocycles. The quantitative estimate of drug-likeness (QED) is 0.223. The summed E-state index contributed by atoms with van der Waals surface area (Å²) in [5, 5.41) is 6.17. The SMILES string of the molecule is C1=CC(c2ccc3ccccc3c2)=CC=C(Nc2ccc(-c3ccc(-c4ccccc4)c(-c4ccccc4)c3)cc2)C1. The fraction of sp³-hybridized carbons (Fsp3) is 0.0244. The third-order valence-corrected chi connectivity index (χ3v) is 7.89. The lowest BCUT2D eigenvalue weighted by atomic mass is 9.91. The fourth-order valence-corrected chi connectivity index (χ4v) is 5.66. The van der Waals surface area contributed by atoms with Gasteiger partial charge in [0.25, 0.3) is 0 Å². The van der Waals surface area contributed by atoms with Crippen LogP contribution in [-0.4, -0.2) is 0 Å². The number of rotatable bonds is 6. The molecule has 42 heavy (non-hydrogen) atoms. The lowest BCUT2D eigenvalue weighted by Gasteiger charge is -2.14. The largest absolute Gasteiger partial charge is 0.359 e. The molecule has 0 unspecified atom stereocenters. The molecule has 1 nitrogen and oxygen atoms in total. The van der Waals surface area contributed by atoms with E-state index in [9.17, 15) is 0 Å². The summed E-state index contributed by atoms with van der Waals surface area (Å²) in [5.41, 5.74) is 12.1. The number of hydrogen-bond acceptors (Lipinski definition) is 1. The molecular weight excluding hydrogens is 506 g/mol. The molecule has 0 saturated carbocycles. The maximum absolute atomic E-state index is 3.63. The highest BCUT2D eigenvalue weighted by molar-refractivity contribution is 5.89. The third kappa shape index (κ3) is 5.46. The molecule has 1 N–H and O–H groups in total. The van der Waals surface area contributed by atoms with E-state index in [1.54, 1.807) is 0 Å². The van der Waals surface area contributed by atoms with Crippen LogP contribution in [0.2, 0.25) is 0 Å². The zero-order valence-corrected chi connectivity index (χ0v) is 23.4. The number of fused-ring (bicyclic) bond motifs is 1. The Labute approximate surface area is 247 Å². The molecule has 0 radical (unpaired) electrons. The highest BCUT2D eigenvalue weighted by atomic mass is 14.9.